The van der Waals surface area contributed by atoms with Crippen LogP contribution >= 0.6 is 24.0 Å². The number of nitrogens with one attached hydrogen (secondary N) is 2. The molecular formula is C23H30IN5O2. The van der Waals surface area contributed by atoms with Gasteiger partial charge in [0.05, 0.1) is 6.54 Å². The number of fused-ring (bicyclic) bond motifs is 1. The molecule has 8 heteroatoms. The zero-order valence-corrected chi connectivity index (χ0v) is 20.6. The van der Waals surface area contributed by atoms with E-state index in [1.807, 2.05) is 47.4 Å². The minimum absolute atomic E-state index is 0. The lowest BCUT2D eigenvalue weighted by Gasteiger charge is -2.29. The maximum Gasteiger partial charge on any atom is 0.253 e. The third-order valence-electron chi connectivity index (χ3n) is 5.11. The summed E-state index contributed by atoms with van der Waals surface area (Å²) in [7, 11) is 5.14. The molecule has 0 unspecified atom stereocenters. The smallest absolute Gasteiger partial charge is 0.253 e. The molecule has 31 heavy (non-hydrogen) atoms. The van der Waals surface area contributed by atoms with Gasteiger partial charge >= 0.3 is 0 Å². The number of halogens is 1. The lowest BCUT2D eigenvalue weighted by Crippen LogP contribution is -2.45. The van der Waals surface area contributed by atoms with Crippen molar-refractivity contribution in [3.8, 4) is 0 Å². The second-order valence-corrected chi connectivity index (χ2v) is 7.45. The first-order chi connectivity index (χ1) is 14.5. The van der Waals surface area contributed by atoms with E-state index in [-0.39, 0.29) is 42.3 Å². The fourth-order valence-corrected chi connectivity index (χ4v) is 3.48. The highest BCUT2D eigenvalue weighted by Crippen LogP contribution is 2.26. The van der Waals surface area contributed by atoms with Crippen LogP contribution in [-0.2, 0) is 17.8 Å². The molecular weight excluding hydrogens is 505 g/mol. The van der Waals surface area contributed by atoms with Gasteiger partial charge in [-0.2, -0.15) is 0 Å². The summed E-state index contributed by atoms with van der Waals surface area (Å²) in [4.78, 5) is 32.3. The first-order valence-corrected chi connectivity index (χ1v) is 10.1. The zero-order chi connectivity index (χ0) is 21.5. The maximum atomic E-state index is 12.8. The minimum atomic E-state index is -0.0233. The molecule has 0 radical (unpaired) electrons. The second kappa shape index (κ2) is 11.7. The number of amides is 2. The number of rotatable bonds is 5. The molecule has 0 saturated carbocycles. The quantitative estimate of drug-likeness (QED) is 0.351. The van der Waals surface area contributed by atoms with Gasteiger partial charge < -0.3 is 20.4 Å². The summed E-state index contributed by atoms with van der Waals surface area (Å²) >= 11 is 0. The summed E-state index contributed by atoms with van der Waals surface area (Å²) in [6.07, 6.45) is 1.98. The number of aryl methyl sites for hydroxylation is 1. The van der Waals surface area contributed by atoms with E-state index in [4.69, 9.17) is 0 Å². The van der Waals surface area contributed by atoms with Crippen LogP contribution in [0.4, 0.5) is 5.69 Å². The van der Waals surface area contributed by atoms with Crippen molar-refractivity contribution in [1.29, 1.82) is 0 Å². The summed E-state index contributed by atoms with van der Waals surface area (Å²) in [5.74, 6) is 0.559. The summed E-state index contributed by atoms with van der Waals surface area (Å²) in [6, 6.07) is 15.5. The molecule has 2 N–H and O–H groups in total. The number of para-hydroxylation sites is 1. The van der Waals surface area contributed by atoms with Crippen LogP contribution in [-0.4, -0.2) is 56.9 Å². The second-order valence-electron chi connectivity index (χ2n) is 7.45. The van der Waals surface area contributed by atoms with E-state index >= 15 is 0 Å². The van der Waals surface area contributed by atoms with E-state index in [0.29, 0.717) is 18.1 Å². The Morgan fingerprint density at radius 3 is 2.45 bits per heavy atom. The Labute approximate surface area is 200 Å². The zero-order valence-electron chi connectivity index (χ0n) is 18.2. The summed E-state index contributed by atoms with van der Waals surface area (Å²) < 4.78 is 0. The Morgan fingerprint density at radius 2 is 1.77 bits per heavy atom. The monoisotopic (exact) mass is 535 g/mol. The molecule has 3 rings (SSSR count). The first-order valence-electron chi connectivity index (χ1n) is 10.1. The van der Waals surface area contributed by atoms with E-state index in [2.05, 4.69) is 21.7 Å². The topological polar surface area (TPSA) is 77.0 Å². The van der Waals surface area contributed by atoms with Crippen LogP contribution in [0.15, 0.2) is 53.5 Å². The Hall–Kier alpha value is -2.62. The number of guanidine groups is 1. The SMILES string of the molecule is CN=C(NCC(=O)N1CCCc2ccccc21)NCc1ccc(C(=O)N(C)C)cc1.I. The van der Waals surface area contributed by atoms with E-state index < -0.39 is 0 Å². The minimum Gasteiger partial charge on any atom is -0.352 e. The Balaban J connectivity index is 0.00000341. The fraction of sp³-hybridized carbons (Fsp3) is 0.348. The van der Waals surface area contributed by atoms with Crippen molar-refractivity contribution in [2.24, 2.45) is 4.99 Å². The first kappa shape index (κ1) is 24.6. The number of nitrogens with zero attached hydrogens (tertiary/aromatic N) is 3. The van der Waals surface area contributed by atoms with Crippen molar-refractivity contribution in [3.63, 3.8) is 0 Å². The van der Waals surface area contributed by atoms with Crippen LogP contribution in [0.3, 0.4) is 0 Å². The molecule has 166 valence electrons. The van der Waals surface area contributed by atoms with Gasteiger partial charge in [0.15, 0.2) is 5.96 Å². The molecule has 2 aromatic carbocycles. The molecule has 0 atom stereocenters. The highest BCUT2D eigenvalue weighted by atomic mass is 127. The Kier molecular flexibility index (Phi) is 9.29. The van der Waals surface area contributed by atoms with Gasteiger partial charge in [-0.05, 0) is 42.2 Å². The van der Waals surface area contributed by atoms with Crippen molar-refractivity contribution < 1.29 is 9.59 Å². The maximum absolute atomic E-state index is 12.8. The van der Waals surface area contributed by atoms with Crippen molar-refractivity contribution in [2.45, 2.75) is 19.4 Å². The van der Waals surface area contributed by atoms with Crippen molar-refractivity contribution >= 4 is 47.4 Å². The average molecular weight is 535 g/mol. The number of benzene rings is 2. The van der Waals surface area contributed by atoms with Crippen LogP contribution in [0.1, 0.15) is 27.9 Å². The molecule has 2 aromatic rings. The highest BCUT2D eigenvalue weighted by molar-refractivity contribution is 14.0. The largest absolute Gasteiger partial charge is 0.352 e. The van der Waals surface area contributed by atoms with Gasteiger partial charge in [-0.3, -0.25) is 14.6 Å². The number of hydrogen-bond acceptors (Lipinski definition) is 3. The lowest BCUT2D eigenvalue weighted by atomic mass is 10.0. The highest BCUT2D eigenvalue weighted by Gasteiger charge is 2.21. The molecule has 1 heterocycles. The van der Waals surface area contributed by atoms with E-state index in [1.165, 1.54) is 5.56 Å². The van der Waals surface area contributed by atoms with Crippen LogP contribution in [0, 0.1) is 0 Å². The van der Waals surface area contributed by atoms with Gasteiger partial charge in [-0.15, -0.1) is 24.0 Å². The average Bonchev–Trinajstić information content (AvgIpc) is 2.78. The molecule has 0 aromatic heterocycles. The normalized spacial score (nSPS) is 13.0. The van der Waals surface area contributed by atoms with Crippen molar-refractivity contribution in [1.82, 2.24) is 15.5 Å². The van der Waals surface area contributed by atoms with Crippen LogP contribution in [0.5, 0.6) is 0 Å². The molecule has 2 amide bonds. The molecule has 0 bridgehead atoms. The molecule has 0 fully saturated rings. The summed E-state index contributed by atoms with van der Waals surface area (Å²) in [6.45, 7) is 1.45. The Bertz CT molecular complexity index is 928. The summed E-state index contributed by atoms with van der Waals surface area (Å²) in [5, 5.41) is 6.31. The molecule has 1 aliphatic rings. The van der Waals surface area contributed by atoms with E-state index in [0.717, 1.165) is 30.6 Å². The molecule has 0 saturated heterocycles. The lowest BCUT2D eigenvalue weighted by molar-refractivity contribution is -0.117. The van der Waals surface area contributed by atoms with Gasteiger partial charge in [-0.1, -0.05) is 30.3 Å². The number of aliphatic imine (C=N–C) groups is 1. The van der Waals surface area contributed by atoms with Gasteiger partial charge in [0.1, 0.15) is 0 Å². The predicted molar refractivity (Wildman–Crippen MR) is 135 cm³/mol. The molecule has 1 aliphatic heterocycles. The fourth-order valence-electron chi connectivity index (χ4n) is 3.48. The van der Waals surface area contributed by atoms with Gasteiger partial charge in [0.25, 0.3) is 5.91 Å². The molecule has 7 nitrogen and oxygen atoms in total. The third-order valence-corrected chi connectivity index (χ3v) is 5.11. The predicted octanol–water partition coefficient (Wildman–Crippen LogP) is 2.65. The number of carbonyl (C=O) groups is 2. The molecule has 0 spiro atoms. The van der Waals surface area contributed by atoms with Gasteiger partial charge in [0.2, 0.25) is 5.91 Å². The van der Waals surface area contributed by atoms with Crippen molar-refractivity contribution in [2.75, 3.05) is 39.1 Å². The van der Waals surface area contributed by atoms with E-state index in [1.54, 1.807) is 26.0 Å². The van der Waals surface area contributed by atoms with E-state index in [9.17, 15) is 9.59 Å². The number of carbonyl (C=O) groups excluding carboxylic acids is 2. The van der Waals surface area contributed by atoms with Gasteiger partial charge in [-0.25, -0.2) is 0 Å². The standard InChI is InChI=1S/C23H29N5O2.HI/c1-24-23(25-15-17-10-12-19(13-11-17)22(30)27(2)3)26-16-21(29)28-14-6-8-18-7-4-5-9-20(18)28;/h4-5,7,9-13H,6,8,14-16H2,1-3H3,(H2,24,25,26);1H. The summed E-state index contributed by atoms with van der Waals surface area (Å²) in [5.41, 5.74) is 3.89. The third kappa shape index (κ3) is 6.43. The van der Waals surface area contributed by atoms with Crippen LogP contribution < -0.4 is 15.5 Å². The number of anilines is 1. The van der Waals surface area contributed by atoms with Gasteiger partial charge in [0, 0.05) is 45.5 Å². The van der Waals surface area contributed by atoms with Crippen LogP contribution in [0.25, 0.3) is 0 Å². The molecule has 0 aliphatic carbocycles. The van der Waals surface area contributed by atoms with Crippen LogP contribution in [0.2, 0.25) is 0 Å². The Morgan fingerprint density at radius 1 is 1.06 bits per heavy atom. The van der Waals surface area contributed by atoms with Crippen molar-refractivity contribution in [3.05, 3.63) is 65.2 Å². The number of hydrogen-bond donors (Lipinski definition) is 2.